The summed E-state index contributed by atoms with van der Waals surface area (Å²) in [5.74, 6) is -0.398. The number of rotatable bonds is 4. The Labute approximate surface area is 146 Å². The van der Waals surface area contributed by atoms with Gasteiger partial charge in [0.1, 0.15) is 5.82 Å². The highest BCUT2D eigenvalue weighted by Gasteiger charge is 2.23. The molecular formula is C18H19FN2O3S. The van der Waals surface area contributed by atoms with E-state index < -0.39 is 15.8 Å². The molecule has 0 radical (unpaired) electrons. The minimum Gasteiger partial charge on any atom is -0.312 e. The molecule has 132 valence electrons. The number of hydrogen-bond acceptors (Lipinski definition) is 3. The Balaban J connectivity index is 1.87. The molecule has 0 saturated carbocycles. The molecule has 0 bridgehead atoms. The van der Waals surface area contributed by atoms with Crippen LogP contribution in [0.5, 0.6) is 0 Å². The molecule has 0 aliphatic carbocycles. The van der Waals surface area contributed by atoms with E-state index in [0.717, 1.165) is 23.7 Å². The molecule has 0 spiro atoms. The highest BCUT2D eigenvalue weighted by Crippen LogP contribution is 2.28. The second kappa shape index (κ2) is 6.48. The molecule has 1 aliphatic rings. The Bertz CT molecular complexity index is 941. The van der Waals surface area contributed by atoms with E-state index in [-0.39, 0.29) is 10.8 Å². The second-order valence-corrected chi connectivity index (χ2v) is 7.82. The third-order valence-corrected chi connectivity index (χ3v) is 5.78. The molecule has 1 heterocycles. The van der Waals surface area contributed by atoms with E-state index in [1.54, 1.807) is 30.0 Å². The van der Waals surface area contributed by atoms with Crippen LogP contribution >= 0.6 is 0 Å². The molecule has 0 atom stereocenters. The van der Waals surface area contributed by atoms with E-state index in [1.165, 1.54) is 12.1 Å². The van der Waals surface area contributed by atoms with Crippen LogP contribution in [0.15, 0.2) is 41.3 Å². The van der Waals surface area contributed by atoms with Gasteiger partial charge in [-0.1, -0.05) is 0 Å². The number of carbonyl (C=O) groups excluding carboxylic acids is 1. The van der Waals surface area contributed by atoms with Crippen LogP contribution in [0.3, 0.4) is 0 Å². The monoisotopic (exact) mass is 362 g/mol. The molecule has 1 fully saturated rings. The Morgan fingerprint density at radius 3 is 2.44 bits per heavy atom. The molecule has 0 aromatic heterocycles. The van der Waals surface area contributed by atoms with Crippen LogP contribution < -0.4 is 9.62 Å². The smallest absolute Gasteiger partial charge is 0.262 e. The fraction of sp³-hybridized carbons (Fsp3) is 0.278. The average Bonchev–Trinajstić information content (AvgIpc) is 2.92. The first kappa shape index (κ1) is 17.4. The molecule has 3 rings (SSSR count). The lowest BCUT2D eigenvalue weighted by Crippen LogP contribution is -2.24. The van der Waals surface area contributed by atoms with E-state index >= 15 is 0 Å². The van der Waals surface area contributed by atoms with Crippen molar-refractivity contribution in [3.8, 4) is 0 Å². The number of carbonyl (C=O) groups is 1. The lowest BCUT2D eigenvalue weighted by Gasteiger charge is -2.19. The third kappa shape index (κ3) is 3.51. The highest BCUT2D eigenvalue weighted by atomic mass is 32.2. The van der Waals surface area contributed by atoms with E-state index in [4.69, 9.17) is 0 Å². The first-order valence-corrected chi connectivity index (χ1v) is 9.46. The van der Waals surface area contributed by atoms with Gasteiger partial charge in [-0.3, -0.25) is 9.52 Å². The van der Waals surface area contributed by atoms with Gasteiger partial charge in [0.2, 0.25) is 5.91 Å². The first-order chi connectivity index (χ1) is 11.8. The van der Waals surface area contributed by atoms with Gasteiger partial charge in [-0.15, -0.1) is 0 Å². The van der Waals surface area contributed by atoms with Crippen molar-refractivity contribution in [3.63, 3.8) is 0 Å². The predicted octanol–water partition coefficient (Wildman–Crippen LogP) is 3.37. The zero-order valence-corrected chi connectivity index (χ0v) is 14.9. The van der Waals surface area contributed by atoms with E-state index in [2.05, 4.69) is 4.72 Å². The first-order valence-electron chi connectivity index (χ1n) is 7.98. The number of halogens is 1. The molecule has 2 aromatic rings. The van der Waals surface area contributed by atoms with E-state index in [0.29, 0.717) is 24.2 Å². The van der Waals surface area contributed by atoms with E-state index in [1.807, 2.05) is 6.92 Å². The molecule has 0 unspecified atom stereocenters. The SMILES string of the molecule is Cc1cc(NS(=O)(=O)c2ccc(F)cc2C)ccc1N1CCCC1=O. The number of nitrogens with zero attached hydrogens (tertiary/aromatic N) is 1. The van der Waals surface area contributed by atoms with Crippen molar-refractivity contribution in [2.45, 2.75) is 31.6 Å². The normalized spacial score (nSPS) is 14.8. The summed E-state index contributed by atoms with van der Waals surface area (Å²) in [6, 6.07) is 8.61. The summed E-state index contributed by atoms with van der Waals surface area (Å²) in [6.07, 6.45) is 1.37. The molecule has 7 heteroatoms. The van der Waals surface area contributed by atoms with Gasteiger partial charge in [0.25, 0.3) is 10.0 Å². The Hall–Kier alpha value is -2.41. The number of amides is 1. The summed E-state index contributed by atoms with van der Waals surface area (Å²) in [5, 5.41) is 0. The number of hydrogen-bond donors (Lipinski definition) is 1. The summed E-state index contributed by atoms with van der Waals surface area (Å²) in [4.78, 5) is 13.6. The lowest BCUT2D eigenvalue weighted by molar-refractivity contribution is -0.117. The van der Waals surface area contributed by atoms with Crippen LogP contribution in [0.4, 0.5) is 15.8 Å². The number of aryl methyl sites for hydroxylation is 2. The van der Waals surface area contributed by atoms with Crippen molar-refractivity contribution in [2.24, 2.45) is 0 Å². The molecule has 1 N–H and O–H groups in total. The summed E-state index contributed by atoms with van der Waals surface area (Å²) in [7, 11) is -3.82. The van der Waals surface area contributed by atoms with Gasteiger partial charge >= 0.3 is 0 Å². The number of benzene rings is 2. The quantitative estimate of drug-likeness (QED) is 0.907. The van der Waals surface area contributed by atoms with Gasteiger partial charge in [-0.2, -0.15) is 0 Å². The van der Waals surface area contributed by atoms with E-state index in [9.17, 15) is 17.6 Å². The molecule has 5 nitrogen and oxygen atoms in total. The summed E-state index contributed by atoms with van der Waals surface area (Å²) >= 11 is 0. The summed E-state index contributed by atoms with van der Waals surface area (Å²) in [5.41, 5.74) is 2.34. The van der Waals surface area contributed by atoms with Gasteiger partial charge in [0.15, 0.2) is 0 Å². The van der Waals surface area contributed by atoms with Gasteiger partial charge in [0, 0.05) is 24.3 Å². The fourth-order valence-corrected chi connectivity index (χ4v) is 4.33. The minimum absolute atomic E-state index is 0.0327. The Morgan fingerprint density at radius 2 is 1.84 bits per heavy atom. The Kier molecular flexibility index (Phi) is 4.51. The standard InChI is InChI=1S/C18H19FN2O3S/c1-12-11-15(6-7-16(12)21-9-3-4-18(21)22)20-25(23,24)17-8-5-14(19)10-13(17)2/h5-8,10-11,20H,3-4,9H2,1-2H3. The number of nitrogens with one attached hydrogen (secondary N) is 1. The van der Waals surface area contributed by atoms with Gasteiger partial charge in [-0.25, -0.2) is 12.8 Å². The van der Waals surface area contributed by atoms with Crippen molar-refractivity contribution in [3.05, 3.63) is 53.3 Å². The molecule has 1 saturated heterocycles. The maximum absolute atomic E-state index is 13.2. The largest absolute Gasteiger partial charge is 0.312 e. The maximum atomic E-state index is 13.2. The maximum Gasteiger partial charge on any atom is 0.262 e. The van der Waals surface area contributed by atoms with Gasteiger partial charge in [-0.05, 0) is 67.8 Å². The zero-order chi connectivity index (χ0) is 18.2. The fourth-order valence-electron chi connectivity index (χ4n) is 3.05. The Morgan fingerprint density at radius 1 is 1.08 bits per heavy atom. The molecule has 25 heavy (non-hydrogen) atoms. The second-order valence-electron chi connectivity index (χ2n) is 6.17. The van der Waals surface area contributed by atoms with Crippen molar-refractivity contribution in [1.29, 1.82) is 0 Å². The van der Waals surface area contributed by atoms with Crippen molar-refractivity contribution in [2.75, 3.05) is 16.2 Å². The van der Waals surface area contributed by atoms with Crippen LogP contribution in [0, 0.1) is 19.7 Å². The average molecular weight is 362 g/mol. The van der Waals surface area contributed by atoms with Crippen LogP contribution in [-0.2, 0) is 14.8 Å². The topological polar surface area (TPSA) is 66.5 Å². The number of sulfonamides is 1. The third-order valence-electron chi connectivity index (χ3n) is 4.24. The molecule has 1 aliphatic heterocycles. The highest BCUT2D eigenvalue weighted by molar-refractivity contribution is 7.92. The van der Waals surface area contributed by atoms with Crippen LogP contribution in [0.25, 0.3) is 0 Å². The van der Waals surface area contributed by atoms with Crippen LogP contribution in [-0.4, -0.2) is 20.9 Å². The predicted molar refractivity (Wildman–Crippen MR) is 94.7 cm³/mol. The van der Waals surface area contributed by atoms with Crippen molar-refractivity contribution in [1.82, 2.24) is 0 Å². The van der Waals surface area contributed by atoms with Crippen LogP contribution in [0.1, 0.15) is 24.0 Å². The molecular weight excluding hydrogens is 343 g/mol. The van der Waals surface area contributed by atoms with Crippen molar-refractivity contribution < 1.29 is 17.6 Å². The summed E-state index contributed by atoms with van der Waals surface area (Å²) < 4.78 is 40.8. The van der Waals surface area contributed by atoms with Gasteiger partial charge < -0.3 is 4.90 Å². The lowest BCUT2D eigenvalue weighted by atomic mass is 10.1. The van der Waals surface area contributed by atoms with Crippen LogP contribution in [0.2, 0.25) is 0 Å². The zero-order valence-electron chi connectivity index (χ0n) is 14.0. The van der Waals surface area contributed by atoms with Gasteiger partial charge in [0.05, 0.1) is 4.90 Å². The molecule has 2 aromatic carbocycles. The number of anilines is 2. The summed E-state index contributed by atoms with van der Waals surface area (Å²) in [6.45, 7) is 4.06. The molecule has 1 amide bonds. The minimum atomic E-state index is -3.82. The van der Waals surface area contributed by atoms with Crippen molar-refractivity contribution >= 4 is 27.3 Å².